The Kier molecular flexibility index (Phi) is 9.65. The van der Waals surface area contributed by atoms with Gasteiger partial charge in [0.2, 0.25) is 0 Å². The summed E-state index contributed by atoms with van der Waals surface area (Å²) < 4.78 is 49.5. The van der Waals surface area contributed by atoms with Crippen LogP contribution >= 0.6 is 0 Å². The zero-order valence-electron chi connectivity index (χ0n) is 37.7. The monoisotopic (exact) mass is 826 g/mol. The Morgan fingerprint density at radius 2 is 0.839 bits per heavy atom. The van der Waals surface area contributed by atoms with Crippen LogP contribution in [0.3, 0.4) is 0 Å². The lowest BCUT2D eigenvalue weighted by atomic mass is 9.85. The lowest BCUT2D eigenvalue weighted by Gasteiger charge is -2.22. The van der Waals surface area contributed by atoms with Crippen LogP contribution in [0.25, 0.3) is 71.0 Å². The molecule has 0 spiro atoms. The first-order chi connectivity index (χ1) is 28.8. The largest absolute Gasteiger partial charge is 0.415 e. The molecule has 0 aliphatic rings. The highest BCUT2D eigenvalue weighted by molar-refractivity contribution is 6.12. The molecule has 4 nitrogen and oxygen atoms in total. The van der Waals surface area contributed by atoms with Gasteiger partial charge in [-0.1, -0.05) is 126 Å². The molecule has 0 radical (unpaired) electrons. The Morgan fingerprint density at radius 3 is 1.11 bits per heavy atom. The fourth-order valence-corrected chi connectivity index (χ4v) is 8.83. The van der Waals surface area contributed by atoms with Gasteiger partial charge in [0.1, 0.15) is 11.6 Å². The van der Waals surface area contributed by atoms with Crippen LogP contribution in [0.4, 0.5) is 18.9 Å². The van der Waals surface area contributed by atoms with Gasteiger partial charge in [0, 0.05) is 21.5 Å². The molecule has 0 fully saturated rings. The molecule has 6 aromatic carbocycles. The highest BCUT2D eigenvalue weighted by atomic mass is 19.4. The van der Waals surface area contributed by atoms with E-state index in [-0.39, 0.29) is 38.5 Å². The first kappa shape index (κ1) is 42.4. The van der Waals surface area contributed by atoms with Crippen molar-refractivity contribution in [1.29, 1.82) is 5.26 Å². The Morgan fingerprint density at radius 1 is 0.500 bits per heavy atom. The number of fused-ring (bicyclic) bond motifs is 6. The summed E-state index contributed by atoms with van der Waals surface area (Å²) in [7, 11) is 0. The molecule has 0 aliphatic carbocycles. The second-order valence-electron chi connectivity index (χ2n) is 20.9. The molecule has 2 heterocycles. The third kappa shape index (κ3) is 7.02. The Hall–Kier alpha value is -6.31. The van der Waals surface area contributed by atoms with Crippen LogP contribution in [0.2, 0.25) is 0 Å². The maximum absolute atomic E-state index is 15.1. The second-order valence-corrected chi connectivity index (χ2v) is 20.9. The van der Waals surface area contributed by atoms with Crippen LogP contribution in [0, 0.1) is 17.9 Å². The van der Waals surface area contributed by atoms with E-state index in [0.29, 0.717) is 16.9 Å². The summed E-state index contributed by atoms with van der Waals surface area (Å²) in [4.78, 5) is 3.65. The van der Waals surface area contributed by atoms with E-state index < -0.39 is 11.7 Å². The first-order valence-corrected chi connectivity index (χ1v) is 21.2. The molecule has 62 heavy (non-hydrogen) atoms. The predicted molar refractivity (Wildman–Crippen MR) is 251 cm³/mol. The number of aromatic nitrogens is 2. The average molecular weight is 827 g/mol. The molecule has 0 atom stereocenters. The summed E-state index contributed by atoms with van der Waals surface area (Å²) in [5, 5.41) is 15.4. The van der Waals surface area contributed by atoms with E-state index in [1.165, 1.54) is 12.1 Å². The van der Waals surface area contributed by atoms with Crippen molar-refractivity contribution in [2.75, 3.05) is 0 Å². The van der Waals surface area contributed by atoms with Gasteiger partial charge in [0.15, 0.2) is 5.69 Å². The molecule has 0 amide bonds. The molecule has 0 saturated heterocycles. The molecular weight excluding hydrogens is 774 g/mol. The quantitative estimate of drug-likeness (QED) is 0.164. The highest BCUT2D eigenvalue weighted by Gasteiger charge is 2.36. The number of halogens is 3. The maximum atomic E-state index is 15.1. The van der Waals surface area contributed by atoms with Crippen LogP contribution in [-0.4, -0.2) is 9.13 Å². The summed E-state index contributed by atoms with van der Waals surface area (Å²) >= 11 is 0. The lowest BCUT2D eigenvalue weighted by molar-refractivity contribution is -0.137. The minimum absolute atomic E-state index is 0.125. The van der Waals surface area contributed by atoms with E-state index in [1.54, 1.807) is 12.1 Å². The molecule has 2 aromatic heterocycles. The van der Waals surface area contributed by atoms with Crippen molar-refractivity contribution in [3.05, 3.63) is 148 Å². The van der Waals surface area contributed by atoms with E-state index in [4.69, 9.17) is 6.57 Å². The minimum atomic E-state index is -4.76. The van der Waals surface area contributed by atoms with Gasteiger partial charge in [-0.25, -0.2) is 4.85 Å². The summed E-state index contributed by atoms with van der Waals surface area (Å²) in [6.45, 7) is 34.2. The topological polar surface area (TPSA) is 38.0 Å². The molecule has 0 saturated carbocycles. The fourth-order valence-electron chi connectivity index (χ4n) is 8.83. The normalized spacial score (nSPS) is 13.0. The van der Waals surface area contributed by atoms with Gasteiger partial charge in [-0.05, 0) is 116 Å². The van der Waals surface area contributed by atoms with Gasteiger partial charge in [0.25, 0.3) is 0 Å². The summed E-state index contributed by atoms with van der Waals surface area (Å²) in [5.41, 5.74) is 7.23. The van der Waals surface area contributed by atoms with Crippen molar-refractivity contribution >= 4 is 49.3 Å². The second kappa shape index (κ2) is 14.1. The number of hydrogen-bond acceptors (Lipinski definition) is 1. The van der Waals surface area contributed by atoms with Crippen LogP contribution in [0.15, 0.2) is 103 Å². The van der Waals surface area contributed by atoms with Crippen LogP contribution in [0.1, 0.15) is 116 Å². The Bertz CT molecular complexity index is 2910. The summed E-state index contributed by atoms with van der Waals surface area (Å²) in [6.07, 6.45) is -4.76. The zero-order valence-corrected chi connectivity index (χ0v) is 37.7. The van der Waals surface area contributed by atoms with E-state index in [0.717, 1.165) is 71.9 Å². The van der Waals surface area contributed by atoms with Gasteiger partial charge < -0.3 is 9.13 Å². The molecule has 8 rings (SSSR count). The Labute approximate surface area is 363 Å². The summed E-state index contributed by atoms with van der Waals surface area (Å²) in [6, 6.07) is 35.2. The van der Waals surface area contributed by atoms with Gasteiger partial charge in [-0.2, -0.15) is 18.4 Å². The lowest BCUT2D eigenvalue weighted by Crippen LogP contribution is -2.11. The Balaban J connectivity index is 1.60. The third-order valence-electron chi connectivity index (χ3n) is 12.4. The molecule has 0 N–H and O–H groups in total. The SMILES string of the molecule is [C-]#[N+]c1cccc(C(F)(F)F)c1-c1cc(-n2c3ccc(C(C)(C)C)cc3c3cc(C(C)(C)C)ccc32)c(C#N)c(-n2c3ccc(C(C)(C)C)cc3c3cc(C(C)(C)C)ccc32)c1. The first-order valence-electron chi connectivity index (χ1n) is 21.2. The highest BCUT2D eigenvalue weighted by Crippen LogP contribution is 2.47. The molecule has 0 unspecified atom stereocenters. The number of nitriles is 1. The van der Waals surface area contributed by atoms with Crippen molar-refractivity contribution in [3.63, 3.8) is 0 Å². The van der Waals surface area contributed by atoms with Gasteiger partial charge in [0.05, 0.1) is 45.6 Å². The van der Waals surface area contributed by atoms with Crippen LogP contribution in [-0.2, 0) is 27.8 Å². The van der Waals surface area contributed by atoms with Crippen molar-refractivity contribution in [3.8, 4) is 28.6 Å². The van der Waals surface area contributed by atoms with E-state index in [9.17, 15) is 5.26 Å². The van der Waals surface area contributed by atoms with E-state index in [2.05, 4.69) is 167 Å². The fraction of sp³-hybridized carbons (Fsp3) is 0.309. The van der Waals surface area contributed by atoms with Gasteiger partial charge in [-0.15, -0.1) is 0 Å². The van der Waals surface area contributed by atoms with Crippen LogP contribution in [0.5, 0.6) is 0 Å². The molecule has 314 valence electrons. The minimum Gasteiger partial charge on any atom is -0.308 e. The number of alkyl halides is 3. The number of rotatable bonds is 3. The third-order valence-corrected chi connectivity index (χ3v) is 12.4. The maximum Gasteiger partial charge on any atom is 0.415 e. The molecule has 7 heteroatoms. The smallest absolute Gasteiger partial charge is 0.308 e. The summed E-state index contributed by atoms with van der Waals surface area (Å²) in [5.74, 6) is 0. The van der Waals surface area contributed by atoms with Crippen molar-refractivity contribution < 1.29 is 13.2 Å². The predicted octanol–water partition coefficient (Wildman–Crippen LogP) is 16.2. The van der Waals surface area contributed by atoms with Crippen molar-refractivity contribution in [2.24, 2.45) is 0 Å². The molecule has 0 bridgehead atoms. The number of benzene rings is 6. The molecule has 8 aromatic rings. The van der Waals surface area contributed by atoms with E-state index in [1.807, 2.05) is 9.13 Å². The van der Waals surface area contributed by atoms with Crippen LogP contribution < -0.4 is 0 Å². The average Bonchev–Trinajstić information content (AvgIpc) is 3.69. The van der Waals surface area contributed by atoms with Crippen molar-refractivity contribution in [2.45, 2.75) is 111 Å². The standard InChI is InChI=1S/C55H53F3N4/c1-51(2,3)33-17-21-44-37(27-33)38-28-34(52(4,5)6)18-22-45(38)61(44)48-25-32(50-42(55(56,57)58)15-14-16-43(50)60-13)26-49(41(48)31-59)62-46-23-19-35(53(7,8)9)29-39(46)40-30-36(54(10,11)12)20-24-47(40)62/h14-30H,1-12H3. The van der Waals surface area contributed by atoms with E-state index >= 15 is 13.2 Å². The molecular formula is C55H53F3N4. The van der Waals surface area contributed by atoms with Gasteiger partial charge in [-0.3, -0.25) is 0 Å². The van der Waals surface area contributed by atoms with Gasteiger partial charge >= 0.3 is 6.18 Å². The zero-order chi connectivity index (χ0) is 45.1. The van der Waals surface area contributed by atoms with Crippen molar-refractivity contribution in [1.82, 2.24) is 9.13 Å². The molecule has 0 aliphatic heterocycles. The number of nitrogens with zero attached hydrogens (tertiary/aromatic N) is 4. The number of hydrogen-bond donors (Lipinski definition) is 0.